The largest absolute Gasteiger partial charge is 0.377 e. The topological polar surface area (TPSA) is 96.0 Å². The van der Waals surface area contributed by atoms with E-state index in [1.54, 1.807) is 6.92 Å². The zero-order valence-corrected chi connectivity index (χ0v) is 19.6. The Bertz CT molecular complexity index is 1100. The van der Waals surface area contributed by atoms with Crippen molar-refractivity contribution in [1.29, 1.82) is 0 Å². The maximum absolute atomic E-state index is 11.4. The molecule has 0 unspecified atom stereocenters. The number of nitrogens with zero attached hydrogens (tertiary/aromatic N) is 4. The molecule has 0 aliphatic carbocycles. The molecule has 1 saturated heterocycles. The molecule has 0 spiro atoms. The fourth-order valence-corrected chi connectivity index (χ4v) is 4.40. The maximum Gasteiger partial charge on any atom is 0.196 e. The van der Waals surface area contributed by atoms with Gasteiger partial charge in [-0.2, -0.15) is 5.10 Å². The summed E-state index contributed by atoms with van der Waals surface area (Å²) in [6.45, 7) is 9.87. The number of ketones is 1. The predicted octanol–water partition coefficient (Wildman–Crippen LogP) is 4.07. The Labute approximate surface area is 192 Å². The number of Topliss-reactive ketones (excluding diaryl/α,β-unsaturated/α-hetero) is 1. The molecule has 4 rings (SSSR count). The normalized spacial score (nSPS) is 16.2. The van der Waals surface area contributed by atoms with Crippen LogP contribution >= 0.6 is 11.8 Å². The van der Waals surface area contributed by atoms with Crippen LogP contribution in [0.15, 0.2) is 40.4 Å². The lowest BCUT2D eigenvalue weighted by atomic mass is 10.1. The molecular weight excluding hydrogens is 424 g/mol. The molecule has 0 saturated carbocycles. The van der Waals surface area contributed by atoms with Crippen LogP contribution in [0.1, 0.15) is 30.7 Å². The molecule has 1 atom stereocenters. The molecule has 2 aromatic heterocycles. The van der Waals surface area contributed by atoms with Gasteiger partial charge in [0.15, 0.2) is 11.0 Å². The van der Waals surface area contributed by atoms with E-state index >= 15 is 0 Å². The number of ether oxygens (including phenoxy) is 1. The highest BCUT2D eigenvalue weighted by Crippen LogP contribution is 2.33. The smallest absolute Gasteiger partial charge is 0.196 e. The standard InChI is InChI=1S/C23H28N6O2S/c1-14-11-20(28-27-14)24-21-17(4)22(29-9-10-31-13-15(29)2)26-23(25-21)32-19-7-5-18(6-8-19)12-16(3)30/h5-8,11,15H,9-10,12-13H2,1-4H3,(H2,24,25,26,27,28)/t15-/m0/s1. The molecule has 3 aromatic rings. The minimum Gasteiger partial charge on any atom is -0.377 e. The van der Waals surface area contributed by atoms with E-state index in [-0.39, 0.29) is 11.8 Å². The molecule has 0 bridgehead atoms. The average molecular weight is 453 g/mol. The summed E-state index contributed by atoms with van der Waals surface area (Å²) in [6.07, 6.45) is 0.447. The van der Waals surface area contributed by atoms with Crippen molar-refractivity contribution >= 4 is 35.0 Å². The zero-order chi connectivity index (χ0) is 22.7. The summed E-state index contributed by atoms with van der Waals surface area (Å²) in [5.41, 5.74) is 2.95. The van der Waals surface area contributed by atoms with Gasteiger partial charge in [-0.3, -0.25) is 9.89 Å². The summed E-state index contributed by atoms with van der Waals surface area (Å²) in [4.78, 5) is 24.4. The monoisotopic (exact) mass is 452 g/mol. The average Bonchev–Trinajstić information content (AvgIpc) is 3.16. The zero-order valence-electron chi connectivity index (χ0n) is 18.8. The summed E-state index contributed by atoms with van der Waals surface area (Å²) in [6, 6.07) is 10.1. The third-order valence-electron chi connectivity index (χ3n) is 5.28. The van der Waals surface area contributed by atoms with Gasteiger partial charge in [-0.05, 0) is 57.2 Å². The Kier molecular flexibility index (Phi) is 6.76. The molecule has 168 valence electrons. The van der Waals surface area contributed by atoms with Gasteiger partial charge in [-0.15, -0.1) is 0 Å². The van der Waals surface area contributed by atoms with E-state index in [0.717, 1.165) is 45.7 Å². The van der Waals surface area contributed by atoms with Gasteiger partial charge in [0.25, 0.3) is 0 Å². The Morgan fingerprint density at radius 1 is 1.28 bits per heavy atom. The third kappa shape index (κ3) is 5.28. The Morgan fingerprint density at radius 3 is 2.72 bits per heavy atom. The minimum atomic E-state index is 0.154. The fraction of sp³-hybridized carbons (Fsp3) is 0.391. The van der Waals surface area contributed by atoms with Gasteiger partial charge in [0.1, 0.15) is 17.4 Å². The molecular formula is C23H28N6O2S. The van der Waals surface area contributed by atoms with Crippen molar-refractivity contribution in [2.75, 3.05) is 30.0 Å². The van der Waals surface area contributed by atoms with Crippen molar-refractivity contribution in [3.63, 3.8) is 0 Å². The lowest BCUT2D eigenvalue weighted by molar-refractivity contribution is -0.116. The van der Waals surface area contributed by atoms with Gasteiger partial charge in [-0.25, -0.2) is 9.97 Å². The number of morpholine rings is 1. The van der Waals surface area contributed by atoms with Crippen LogP contribution in [-0.4, -0.2) is 51.7 Å². The number of carbonyl (C=O) groups excluding carboxylic acids is 1. The number of aromatic nitrogens is 4. The quantitative estimate of drug-likeness (QED) is 0.518. The molecule has 3 heterocycles. The van der Waals surface area contributed by atoms with Gasteiger partial charge in [0.05, 0.1) is 19.3 Å². The van der Waals surface area contributed by atoms with Crippen LogP contribution in [-0.2, 0) is 16.0 Å². The van der Waals surface area contributed by atoms with Crippen LogP contribution in [0.25, 0.3) is 0 Å². The highest BCUT2D eigenvalue weighted by Gasteiger charge is 2.24. The highest BCUT2D eigenvalue weighted by molar-refractivity contribution is 7.99. The molecule has 32 heavy (non-hydrogen) atoms. The second-order valence-electron chi connectivity index (χ2n) is 8.11. The number of aromatic amines is 1. The number of hydrogen-bond acceptors (Lipinski definition) is 8. The van der Waals surface area contributed by atoms with Crippen molar-refractivity contribution < 1.29 is 9.53 Å². The first-order valence-electron chi connectivity index (χ1n) is 10.7. The first-order chi connectivity index (χ1) is 15.4. The number of aryl methyl sites for hydroxylation is 1. The van der Waals surface area contributed by atoms with Crippen molar-refractivity contribution in [3.8, 4) is 0 Å². The lowest BCUT2D eigenvalue weighted by Crippen LogP contribution is -2.44. The summed E-state index contributed by atoms with van der Waals surface area (Å²) < 4.78 is 5.62. The number of carbonyl (C=O) groups is 1. The Balaban J connectivity index is 1.66. The van der Waals surface area contributed by atoms with Crippen molar-refractivity contribution in [1.82, 2.24) is 20.2 Å². The lowest BCUT2D eigenvalue weighted by Gasteiger charge is -2.35. The van der Waals surface area contributed by atoms with E-state index in [1.807, 2.05) is 44.2 Å². The van der Waals surface area contributed by atoms with Crippen LogP contribution < -0.4 is 10.2 Å². The number of hydrogen-bond donors (Lipinski definition) is 2. The minimum absolute atomic E-state index is 0.154. The van der Waals surface area contributed by atoms with E-state index < -0.39 is 0 Å². The predicted molar refractivity (Wildman–Crippen MR) is 126 cm³/mol. The Morgan fingerprint density at radius 2 is 2.06 bits per heavy atom. The molecule has 1 aromatic carbocycles. The van der Waals surface area contributed by atoms with Gasteiger partial charge < -0.3 is 15.0 Å². The number of rotatable bonds is 7. The van der Waals surface area contributed by atoms with E-state index in [1.165, 1.54) is 11.8 Å². The summed E-state index contributed by atoms with van der Waals surface area (Å²) in [7, 11) is 0. The number of anilines is 3. The van der Waals surface area contributed by atoms with Crippen LogP contribution in [0.2, 0.25) is 0 Å². The van der Waals surface area contributed by atoms with E-state index in [0.29, 0.717) is 24.8 Å². The fourth-order valence-electron chi connectivity index (χ4n) is 3.65. The molecule has 9 heteroatoms. The van der Waals surface area contributed by atoms with Crippen molar-refractivity contribution in [2.45, 2.75) is 50.2 Å². The molecule has 1 aliphatic rings. The summed E-state index contributed by atoms with van der Waals surface area (Å²) in [5.74, 6) is 2.51. The first kappa shape index (κ1) is 22.3. The van der Waals surface area contributed by atoms with Gasteiger partial charge in [0.2, 0.25) is 0 Å². The molecule has 2 N–H and O–H groups in total. The van der Waals surface area contributed by atoms with Crippen molar-refractivity contribution in [3.05, 3.63) is 47.2 Å². The first-order valence-corrected chi connectivity index (χ1v) is 11.5. The second kappa shape index (κ2) is 9.70. The molecule has 1 aliphatic heterocycles. The second-order valence-corrected chi connectivity index (χ2v) is 9.15. The molecule has 0 radical (unpaired) electrons. The van der Waals surface area contributed by atoms with Gasteiger partial charge in [-0.1, -0.05) is 12.1 Å². The number of H-pyrrole nitrogens is 1. The van der Waals surface area contributed by atoms with E-state index in [9.17, 15) is 4.79 Å². The Hall–Kier alpha value is -2.91. The summed E-state index contributed by atoms with van der Waals surface area (Å²) in [5, 5.41) is 11.2. The van der Waals surface area contributed by atoms with Gasteiger partial charge >= 0.3 is 0 Å². The number of nitrogens with one attached hydrogen (secondary N) is 2. The van der Waals surface area contributed by atoms with Crippen molar-refractivity contribution in [2.24, 2.45) is 0 Å². The highest BCUT2D eigenvalue weighted by atomic mass is 32.2. The van der Waals surface area contributed by atoms with Crippen LogP contribution in [0.3, 0.4) is 0 Å². The third-order valence-corrected chi connectivity index (χ3v) is 6.15. The van der Waals surface area contributed by atoms with Crippen LogP contribution in [0.4, 0.5) is 17.5 Å². The SMILES string of the molecule is CC(=O)Cc1ccc(Sc2nc(Nc3cc(C)[nH]n3)c(C)c(N3CCOC[C@@H]3C)n2)cc1. The van der Waals surface area contributed by atoms with Crippen LogP contribution in [0.5, 0.6) is 0 Å². The molecule has 8 nitrogen and oxygen atoms in total. The van der Waals surface area contributed by atoms with E-state index in [2.05, 4.69) is 27.3 Å². The van der Waals surface area contributed by atoms with Crippen LogP contribution in [0, 0.1) is 13.8 Å². The molecule has 0 amide bonds. The maximum atomic E-state index is 11.4. The summed E-state index contributed by atoms with van der Waals surface area (Å²) >= 11 is 1.50. The molecule has 1 fully saturated rings. The number of benzene rings is 1. The van der Waals surface area contributed by atoms with E-state index in [4.69, 9.17) is 14.7 Å². The van der Waals surface area contributed by atoms with Gasteiger partial charge in [0, 0.05) is 35.2 Å².